The third-order valence-corrected chi connectivity index (χ3v) is 5.17. The molecule has 1 aliphatic rings. The van der Waals surface area contributed by atoms with Gasteiger partial charge in [-0.05, 0) is 41.0 Å². The van der Waals surface area contributed by atoms with Gasteiger partial charge in [0.25, 0.3) is 5.91 Å². The van der Waals surface area contributed by atoms with E-state index >= 15 is 0 Å². The number of carbonyl (C=O) groups is 2. The minimum absolute atomic E-state index is 0.150. The molecule has 31 heavy (non-hydrogen) atoms. The van der Waals surface area contributed by atoms with Gasteiger partial charge >= 0.3 is 6.09 Å². The van der Waals surface area contributed by atoms with Crippen LogP contribution in [0.15, 0.2) is 72.8 Å². The highest BCUT2D eigenvalue weighted by Crippen LogP contribution is 2.30. The first-order valence-electron chi connectivity index (χ1n) is 9.88. The second-order valence-corrected chi connectivity index (χ2v) is 7.42. The van der Waals surface area contributed by atoms with Crippen LogP contribution >= 0.6 is 11.6 Å². The Morgan fingerprint density at radius 2 is 1.87 bits per heavy atom. The van der Waals surface area contributed by atoms with Gasteiger partial charge in [-0.1, -0.05) is 60.1 Å². The maximum absolute atomic E-state index is 12.2. The Morgan fingerprint density at radius 1 is 1.03 bits per heavy atom. The zero-order valence-electron chi connectivity index (χ0n) is 16.7. The van der Waals surface area contributed by atoms with Crippen molar-refractivity contribution >= 4 is 29.3 Å². The molecule has 0 saturated carbocycles. The highest BCUT2D eigenvalue weighted by molar-refractivity contribution is 6.32. The van der Waals surface area contributed by atoms with Crippen molar-refractivity contribution in [2.45, 2.75) is 6.54 Å². The molecule has 1 N–H and O–H groups in total. The van der Waals surface area contributed by atoms with Crippen LogP contribution in [0.5, 0.6) is 5.75 Å². The average Bonchev–Trinajstić information content (AvgIpc) is 3.23. The van der Waals surface area contributed by atoms with E-state index in [0.29, 0.717) is 30.5 Å². The van der Waals surface area contributed by atoms with Crippen molar-refractivity contribution in [1.29, 1.82) is 0 Å². The van der Waals surface area contributed by atoms with Gasteiger partial charge in [0.2, 0.25) is 0 Å². The van der Waals surface area contributed by atoms with E-state index in [1.165, 1.54) is 0 Å². The van der Waals surface area contributed by atoms with Gasteiger partial charge in [0.15, 0.2) is 6.61 Å². The van der Waals surface area contributed by atoms with Crippen molar-refractivity contribution in [1.82, 2.24) is 5.32 Å². The van der Waals surface area contributed by atoms with Gasteiger partial charge in [0.05, 0.1) is 11.6 Å². The summed E-state index contributed by atoms with van der Waals surface area (Å²) in [5.41, 5.74) is 3.65. The SMILES string of the molecule is O=C(COc1ccc(-c2ccccc2)cc1Cl)NCc1cccc(N2CCOC2=O)c1. The zero-order chi connectivity index (χ0) is 21.6. The van der Waals surface area contributed by atoms with Crippen LogP contribution in [0.25, 0.3) is 11.1 Å². The summed E-state index contributed by atoms with van der Waals surface area (Å²) in [5, 5.41) is 3.26. The topological polar surface area (TPSA) is 67.9 Å². The molecule has 0 radical (unpaired) electrons. The van der Waals surface area contributed by atoms with E-state index in [1.54, 1.807) is 11.0 Å². The van der Waals surface area contributed by atoms with Gasteiger partial charge in [0.1, 0.15) is 12.4 Å². The van der Waals surface area contributed by atoms with Crippen LogP contribution < -0.4 is 15.0 Å². The van der Waals surface area contributed by atoms with Crippen LogP contribution in [0.4, 0.5) is 10.5 Å². The summed E-state index contributed by atoms with van der Waals surface area (Å²) >= 11 is 6.33. The van der Waals surface area contributed by atoms with Gasteiger partial charge in [0, 0.05) is 12.2 Å². The Morgan fingerprint density at radius 3 is 2.61 bits per heavy atom. The summed E-state index contributed by atoms with van der Waals surface area (Å²) < 4.78 is 10.5. The Balaban J connectivity index is 1.30. The maximum atomic E-state index is 12.2. The van der Waals surface area contributed by atoms with Gasteiger partial charge in [-0.2, -0.15) is 0 Å². The predicted molar refractivity (Wildman–Crippen MR) is 119 cm³/mol. The van der Waals surface area contributed by atoms with E-state index in [9.17, 15) is 9.59 Å². The number of carbonyl (C=O) groups excluding carboxylic acids is 2. The molecule has 158 valence electrons. The van der Waals surface area contributed by atoms with Crippen LogP contribution in [-0.4, -0.2) is 31.8 Å². The third-order valence-electron chi connectivity index (χ3n) is 4.87. The number of amides is 2. The van der Waals surface area contributed by atoms with Crippen LogP contribution in [-0.2, 0) is 16.1 Å². The fourth-order valence-corrected chi connectivity index (χ4v) is 3.52. The summed E-state index contributed by atoms with van der Waals surface area (Å²) in [5.74, 6) is 0.181. The highest BCUT2D eigenvalue weighted by Gasteiger charge is 2.23. The number of ether oxygens (including phenoxy) is 2. The van der Waals surface area contributed by atoms with Gasteiger partial charge in [-0.15, -0.1) is 0 Å². The van der Waals surface area contributed by atoms with Crippen LogP contribution in [0, 0.1) is 0 Å². The van der Waals surface area contributed by atoms with Crippen molar-refractivity contribution in [3.63, 3.8) is 0 Å². The van der Waals surface area contributed by atoms with Gasteiger partial charge < -0.3 is 14.8 Å². The smallest absolute Gasteiger partial charge is 0.414 e. The molecule has 0 unspecified atom stereocenters. The molecule has 7 heteroatoms. The number of hydrogen-bond donors (Lipinski definition) is 1. The molecule has 3 aromatic carbocycles. The van der Waals surface area contributed by atoms with E-state index in [2.05, 4.69) is 5.32 Å². The van der Waals surface area contributed by atoms with Crippen molar-refractivity contribution in [2.75, 3.05) is 24.7 Å². The average molecular weight is 437 g/mol. The van der Waals surface area contributed by atoms with E-state index in [4.69, 9.17) is 21.1 Å². The van der Waals surface area contributed by atoms with Gasteiger partial charge in [-0.3, -0.25) is 9.69 Å². The lowest BCUT2D eigenvalue weighted by atomic mass is 10.1. The number of hydrogen-bond acceptors (Lipinski definition) is 4. The maximum Gasteiger partial charge on any atom is 0.414 e. The van der Waals surface area contributed by atoms with Crippen LogP contribution in [0.1, 0.15) is 5.56 Å². The summed E-state index contributed by atoms with van der Waals surface area (Å²) in [4.78, 5) is 25.5. The van der Waals surface area contributed by atoms with E-state index in [1.807, 2.05) is 66.7 Å². The first-order chi connectivity index (χ1) is 15.1. The molecule has 0 spiro atoms. The Labute approximate surface area is 185 Å². The number of rotatable bonds is 7. The number of cyclic esters (lactones) is 1. The van der Waals surface area contributed by atoms with E-state index in [-0.39, 0.29) is 18.6 Å². The molecular formula is C24H21ClN2O4. The Hall–Kier alpha value is -3.51. The molecular weight excluding hydrogens is 416 g/mol. The number of nitrogens with one attached hydrogen (secondary N) is 1. The molecule has 0 aromatic heterocycles. The first-order valence-corrected chi connectivity index (χ1v) is 10.3. The van der Waals surface area contributed by atoms with Crippen molar-refractivity contribution in [3.8, 4) is 16.9 Å². The van der Waals surface area contributed by atoms with Crippen LogP contribution in [0.2, 0.25) is 5.02 Å². The normalized spacial score (nSPS) is 13.1. The van der Waals surface area contributed by atoms with Gasteiger partial charge in [-0.25, -0.2) is 4.79 Å². The predicted octanol–water partition coefficient (Wildman–Crippen LogP) is 4.66. The molecule has 0 bridgehead atoms. The number of benzene rings is 3. The summed E-state index contributed by atoms with van der Waals surface area (Å²) in [6.07, 6.45) is -0.357. The molecule has 3 aromatic rings. The number of anilines is 1. The minimum atomic E-state index is -0.357. The molecule has 0 atom stereocenters. The number of nitrogens with zero attached hydrogens (tertiary/aromatic N) is 1. The lowest BCUT2D eigenvalue weighted by molar-refractivity contribution is -0.123. The molecule has 1 heterocycles. The summed E-state index contributed by atoms with van der Waals surface area (Å²) in [6.45, 7) is 1.07. The lowest BCUT2D eigenvalue weighted by Crippen LogP contribution is -2.28. The number of halogens is 1. The highest BCUT2D eigenvalue weighted by atomic mass is 35.5. The molecule has 6 nitrogen and oxygen atoms in total. The molecule has 2 amide bonds. The second kappa shape index (κ2) is 9.53. The standard InChI is InChI=1S/C24H21ClN2O4/c25-21-14-19(18-6-2-1-3-7-18)9-10-22(21)31-16-23(28)26-15-17-5-4-8-20(13-17)27-11-12-30-24(27)29/h1-10,13-14H,11-12,15-16H2,(H,26,28). The third kappa shape index (κ3) is 5.16. The largest absolute Gasteiger partial charge is 0.482 e. The second-order valence-electron chi connectivity index (χ2n) is 7.01. The fourth-order valence-electron chi connectivity index (χ4n) is 3.29. The van der Waals surface area contributed by atoms with E-state index in [0.717, 1.165) is 22.4 Å². The fraction of sp³-hybridized carbons (Fsp3) is 0.167. The first kappa shape index (κ1) is 20.8. The molecule has 4 rings (SSSR count). The molecule has 1 fully saturated rings. The summed E-state index contributed by atoms with van der Waals surface area (Å²) in [7, 11) is 0. The molecule has 1 saturated heterocycles. The van der Waals surface area contributed by atoms with Crippen molar-refractivity contribution < 1.29 is 19.1 Å². The zero-order valence-corrected chi connectivity index (χ0v) is 17.5. The Bertz CT molecular complexity index is 1090. The Kier molecular flexibility index (Phi) is 6.38. The van der Waals surface area contributed by atoms with Crippen LogP contribution in [0.3, 0.4) is 0 Å². The quantitative estimate of drug-likeness (QED) is 0.585. The molecule has 0 aliphatic carbocycles. The minimum Gasteiger partial charge on any atom is -0.482 e. The lowest BCUT2D eigenvalue weighted by Gasteiger charge is -2.14. The monoisotopic (exact) mass is 436 g/mol. The van der Waals surface area contributed by atoms with Crippen molar-refractivity contribution in [2.24, 2.45) is 0 Å². The van der Waals surface area contributed by atoms with E-state index < -0.39 is 0 Å². The van der Waals surface area contributed by atoms with Crippen molar-refractivity contribution in [3.05, 3.63) is 83.4 Å². The summed E-state index contributed by atoms with van der Waals surface area (Å²) in [6, 6.07) is 22.8. The molecule has 1 aliphatic heterocycles.